The zero-order chi connectivity index (χ0) is 14.9. The van der Waals surface area contributed by atoms with Crippen molar-refractivity contribution in [3.8, 4) is 0 Å². The van der Waals surface area contributed by atoms with Gasteiger partial charge >= 0.3 is 6.18 Å². The van der Waals surface area contributed by atoms with Crippen LogP contribution in [-0.4, -0.2) is 4.98 Å². The van der Waals surface area contributed by atoms with Crippen molar-refractivity contribution in [2.24, 2.45) is 0 Å². The number of aromatic nitrogens is 1. The maximum absolute atomic E-state index is 12.7. The standard InChI is InChI=1S/C13H9Cl2F3N2/c1-7-2-3-9(14)6-10(7)19-12-5-8(13(16,17)18)4-11(15)20-12/h2-6H,1H3,(H,19,20). The highest BCUT2D eigenvalue weighted by Crippen LogP contribution is 2.33. The molecule has 0 aliphatic heterocycles. The van der Waals surface area contributed by atoms with Gasteiger partial charge in [0.15, 0.2) is 0 Å². The van der Waals surface area contributed by atoms with Crippen molar-refractivity contribution in [3.05, 3.63) is 51.6 Å². The first kappa shape index (κ1) is 14.9. The van der Waals surface area contributed by atoms with Gasteiger partial charge in [0.1, 0.15) is 11.0 Å². The monoisotopic (exact) mass is 320 g/mol. The van der Waals surface area contributed by atoms with Gasteiger partial charge < -0.3 is 5.32 Å². The average molecular weight is 321 g/mol. The van der Waals surface area contributed by atoms with Crippen LogP contribution in [0.3, 0.4) is 0 Å². The minimum Gasteiger partial charge on any atom is -0.340 e. The fourth-order valence-electron chi connectivity index (χ4n) is 1.59. The molecule has 2 nitrogen and oxygen atoms in total. The molecular formula is C13H9Cl2F3N2. The number of aryl methyl sites for hydroxylation is 1. The molecule has 0 aliphatic carbocycles. The fraction of sp³-hybridized carbons (Fsp3) is 0.154. The Bertz CT molecular complexity index is 642. The summed E-state index contributed by atoms with van der Waals surface area (Å²) in [5.41, 5.74) is 0.532. The molecule has 2 rings (SSSR count). The molecule has 1 aromatic heterocycles. The number of hydrogen-bond acceptors (Lipinski definition) is 2. The summed E-state index contributed by atoms with van der Waals surface area (Å²) in [7, 11) is 0. The maximum Gasteiger partial charge on any atom is 0.416 e. The van der Waals surface area contributed by atoms with E-state index in [1.807, 2.05) is 0 Å². The first-order chi connectivity index (χ1) is 9.25. The summed E-state index contributed by atoms with van der Waals surface area (Å²) in [5.74, 6) is 0.00944. The van der Waals surface area contributed by atoms with Crippen LogP contribution in [0.4, 0.5) is 24.7 Å². The van der Waals surface area contributed by atoms with Crippen molar-refractivity contribution in [1.82, 2.24) is 4.98 Å². The molecule has 1 N–H and O–H groups in total. The fourth-order valence-corrected chi connectivity index (χ4v) is 1.97. The van der Waals surface area contributed by atoms with Crippen molar-refractivity contribution in [2.45, 2.75) is 13.1 Å². The Balaban J connectivity index is 2.39. The van der Waals surface area contributed by atoms with Gasteiger partial charge in [0, 0.05) is 10.7 Å². The highest BCUT2D eigenvalue weighted by molar-refractivity contribution is 6.31. The SMILES string of the molecule is Cc1ccc(Cl)cc1Nc1cc(C(F)(F)F)cc(Cl)n1. The molecule has 20 heavy (non-hydrogen) atoms. The van der Waals surface area contributed by atoms with Crippen LogP contribution >= 0.6 is 23.2 Å². The highest BCUT2D eigenvalue weighted by atomic mass is 35.5. The number of alkyl halides is 3. The van der Waals surface area contributed by atoms with Crippen molar-refractivity contribution in [2.75, 3.05) is 5.32 Å². The van der Waals surface area contributed by atoms with Crippen molar-refractivity contribution >= 4 is 34.7 Å². The van der Waals surface area contributed by atoms with Crippen LogP contribution in [0.5, 0.6) is 0 Å². The Kier molecular flexibility index (Phi) is 4.11. The van der Waals surface area contributed by atoms with Crippen molar-refractivity contribution in [3.63, 3.8) is 0 Å². The van der Waals surface area contributed by atoms with Crippen LogP contribution < -0.4 is 5.32 Å². The molecule has 2 aromatic rings. The lowest BCUT2D eigenvalue weighted by Gasteiger charge is -2.12. The summed E-state index contributed by atoms with van der Waals surface area (Å²) in [6, 6.07) is 6.71. The molecular weight excluding hydrogens is 312 g/mol. The van der Waals surface area contributed by atoms with E-state index in [1.54, 1.807) is 25.1 Å². The van der Waals surface area contributed by atoms with Crippen LogP contribution in [-0.2, 0) is 6.18 Å². The molecule has 0 aliphatic rings. The zero-order valence-electron chi connectivity index (χ0n) is 10.2. The number of anilines is 2. The second-order valence-corrected chi connectivity index (χ2v) is 4.97. The predicted molar refractivity (Wildman–Crippen MR) is 73.7 cm³/mol. The lowest BCUT2D eigenvalue weighted by atomic mass is 10.2. The van der Waals surface area contributed by atoms with E-state index in [4.69, 9.17) is 23.2 Å². The summed E-state index contributed by atoms with van der Waals surface area (Å²) in [4.78, 5) is 3.82. The topological polar surface area (TPSA) is 24.9 Å². The lowest BCUT2D eigenvalue weighted by molar-refractivity contribution is -0.137. The molecule has 1 heterocycles. The minimum atomic E-state index is -4.48. The smallest absolute Gasteiger partial charge is 0.340 e. The Labute approximate surface area is 123 Å². The van der Waals surface area contributed by atoms with E-state index in [9.17, 15) is 13.2 Å². The van der Waals surface area contributed by atoms with Crippen LogP contribution in [0.1, 0.15) is 11.1 Å². The first-order valence-electron chi connectivity index (χ1n) is 5.53. The van der Waals surface area contributed by atoms with Gasteiger partial charge in [0.05, 0.1) is 5.56 Å². The van der Waals surface area contributed by atoms with Gasteiger partial charge in [-0.2, -0.15) is 13.2 Å². The largest absolute Gasteiger partial charge is 0.416 e. The second kappa shape index (κ2) is 5.50. The van der Waals surface area contributed by atoms with Crippen LogP contribution in [0, 0.1) is 6.92 Å². The lowest BCUT2D eigenvalue weighted by Crippen LogP contribution is -2.07. The molecule has 0 radical (unpaired) electrons. The number of halogens is 5. The highest BCUT2D eigenvalue weighted by Gasteiger charge is 2.31. The summed E-state index contributed by atoms with van der Waals surface area (Å²) in [5, 5.41) is 3.02. The van der Waals surface area contributed by atoms with E-state index in [2.05, 4.69) is 10.3 Å². The Hall–Kier alpha value is -1.46. The van der Waals surface area contributed by atoms with Crippen LogP contribution in [0.15, 0.2) is 30.3 Å². The molecule has 1 aromatic carbocycles. The Morgan fingerprint density at radius 3 is 2.45 bits per heavy atom. The third kappa shape index (κ3) is 3.55. The summed E-state index contributed by atoms with van der Waals surface area (Å²) in [6.07, 6.45) is -4.48. The molecule has 0 saturated carbocycles. The molecule has 0 atom stereocenters. The average Bonchev–Trinajstić information content (AvgIpc) is 2.32. The summed E-state index contributed by atoms with van der Waals surface area (Å²) in [6.45, 7) is 1.80. The van der Waals surface area contributed by atoms with Gasteiger partial charge in [0.2, 0.25) is 0 Å². The maximum atomic E-state index is 12.7. The molecule has 0 bridgehead atoms. The summed E-state index contributed by atoms with van der Waals surface area (Å²) >= 11 is 11.5. The van der Waals surface area contributed by atoms with Gasteiger partial charge in [-0.25, -0.2) is 4.98 Å². The van der Waals surface area contributed by atoms with Crippen molar-refractivity contribution in [1.29, 1.82) is 0 Å². The van der Waals surface area contributed by atoms with Gasteiger partial charge in [-0.05, 0) is 36.8 Å². The van der Waals surface area contributed by atoms with Crippen LogP contribution in [0.25, 0.3) is 0 Å². The number of benzene rings is 1. The van der Waals surface area contributed by atoms with Gasteiger partial charge in [-0.3, -0.25) is 0 Å². The van der Waals surface area contributed by atoms with Gasteiger partial charge in [-0.15, -0.1) is 0 Å². The Morgan fingerprint density at radius 1 is 1.10 bits per heavy atom. The third-order valence-electron chi connectivity index (χ3n) is 2.58. The van der Waals surface area contributed by atoms with Gasteiger partial charge in [0.25, 0.3) is 0 Å². The minimum absolute atomic E-state index is 0.00944. The Morgan fingerprint density at radius 2 is 1.80 bits per heavy atom. The molecule has 7 heteroatoms. The first-order valence-corrected chi connectivity index (χ1v) is 6.29. The van der Waals surface area contributed by atoms with E-state index in [0.717, 1.165) is 17.7 Å². The predicted octanol–water partition coefficient (Wildman–Crippen LogP) is 5.46. The number of hydrogen-bond donors (Lipinski definition) is 1. The van der Waals surface area contributed by atoms with Crippen LogP contribution in [0.2, 0.25) is 10.2 Å². The van der Waals surface area contributed by atoms with E-state index in [-0.39, 0.29) is 11.0 Å². The van der Waals surface area contributed by atoms with E-state index >= 15 is 0 Å². The number of pyridine rings is 1. The molecule has 106 valence electrons. The zero-order valence-corrected chi connectivity index (χ0v) is 11.7. The van der Waals surface area contributed by atoms with E-state index in [0.29, 0.717) is 10.7 Å². The van der Waals surface area contributed by atoms with E-state index in [1.165, 1.54) is 0 Å². The van der Waals surface area contributed by atoms with E-state index < -0.39 is 11.7 Å². The summed E-state index contributed by atoms with van der Waals surface area (Å²) < 4.78 is 38.1. The molecule has 0 amide bonds. The normalized spacial score (nSPS) is 11.5. The van der Waals surface area contributed by atoms with Crippen molar-refractivity contribution < 1.29 is 13.2 Å². The molecule has 0 fully saturated rings. The third-order valence-corrected chi connectivity index (χ3v) is 3.01. The molecule has 0 unspecified atom stereocenters. The number of nitrogens with one attached hydrogen (secondary N) is 1. The van der Waals surface area contributed by atoms with Gasteiger partial charge in [-0.1, -0.05) is 29.3 Å². The quantitative estimate of drug-likeness (QED) is 0.743. The second-order valence-electron chi connectivity index (χ2n) is 4.15. The molecule has 0 saturated heterocycles. The number of rotatable bonds is 2. The number of nitrogens with zero attached hydrogens (tertiary/aromatic N) is 1. The molecule has 0 spiro atoms.